The summed E-state index contributed by atoms with van der Waals surface area (Å²) >= 11 is 1.33. The minimum atomic E-state index is -1.47. The van der Waals surface area contributed by atoms with Gasteiger partial charge in [-0.05, 0) is 37.3 Å². The summed E-state index contributed by atoms with van der Waals surface area (Å²) in [5, 5.41) is 4.97. The van der Waals surface area contributed by atoms with Crippen LogP contribution in [0.4, 0.5) is 13.6 Å². The number of imide groups is 1. The van der Waals surface area contributed by atoms with Crippen molar-refractivity contribution in [3.8, 4) is 10.6 Å². The number of aromatic nitrogens is 1. The van der Waals surface area contributed by atoms with Crippen LogP contribution in [0.5, 0.6) is 0 Å². The van der Waals surface area contributed by atoms with E-state index in [9.17, 15) is 18.4 Å². The Balaban J connectivity index is 1.58. The van der Waals surface area contributed by atoms with Crippen LogP contribution >= 0.6 is 11.3 Å². The van der Waals surface area contributed by atoms with Crippen LogP contribution in [-0.2, 0) is 16.9 Å². The quantitative estimate of drug-likeness (QED) is 0.673. The van der Waals surface area contributed by atoms with Gasteiger partial charge in [0.1, 0.15) is 22.2 Å². The van der Waals surface area contributed by atoms with Gasteiger partial charge in [0.15, 0.2) is 0 Å². The van der Waals surface area contributed by atoms with Gasteiger partial charge in [0, 0.05) is 16.5 Å². The Labute approximate surface area is 163 Å². The first-order chi connectivity index (χ1) is 13.4. The molecule has 1 atom stereocenters. The number of halogens is 2. The number of hydrogen-bond donors (Lipinski definition) is 1. The second-order valence-corrected chi connectivity index (χ2v) is 7.44. The molecule has 5 nitrogen and oxygen atoms in total. The van der Waals surface area contributed by atoms with Crippen molar-refractivity contribution >= 4 is 23.3 Å². The van der Waals surface area contributed by atoms with Crippen molar-refractivity contribution < 1.29 is 18.4 Å². The SMILES string of the molecule is CC1(c2ccccc2F)NC(=O)N(Cc2csc(-c3ccc(F)cc3)n2)C1=O. The number of urea groups is 1. The predicted molar refractivity (Wildman–Crippen MR) is 100 cm³/mol. The van der Waals surface area contributed by atoms with Crippen LogP contribution in [0.25, 0.3) is 10.6 Å². The van der Waals surface area contributed by atoms with Crippen molar-refractivity contribution in [3.05, 3.63) is 76.8 Å². The summed E-state index contributed by atoms with van der Waals surface area (Å²) < 4.78 is 27.3. The molecule has 1 aliphatic heterocycles. The maximum atomic E-state index is 14.2. The molecule has 1 fully saturated rings. The van der Waals surface area contributed by atoms with E-state index in [-0.39, 0.29) is 17.9 Å². The molecule has 2 aromatic carbocycles. The highest BCUT2D eigenvalue weighted by molar-refractivity contribution is 7.13. The molecule has 1 unspecified atom stereocenters. The van der Waals surface area contributed by atoms with Crippen molar-refractivity contribution in [1.82, 2.24) is 15.2 Å². The molecular formula is C20H15F2N3O2S. The molecule has 3 amide bonds. The average Bonchev–Trinajstić information content (AvgIpc) is 3.22. The lowest BCUT2D eigenvalue weighted by molar-refractivity contribution is -0.131. The summed E-state index contributed by atoms with van der Waals surface area (Å²) in [7, 11) is 0. The third-order valence-corrected chi connectivity index (χ3v) is 5.59. The molecule has 0 spiro atoms. The number of thiazole rings is 1. The largest absolute Gasteiger partial charge is 0.325 e. The fourth-order valence-corrected chi connectivity index (χ4v) is 3.97. The number of nitrogens with one attached hydrogen (secondary N) is 1. The number of benzene rings is 2. The standard InChI is InChI=1S/C20H15F2N3O2S/c1-20(15-4-2-3-5-16(15)22)18(26)25(19(27)24-20)10-14-11-28-17(23-14)12-6-8-13(21)9-7-12/h2-9,11H,10H2,1H3,(H,24,27). The van der Waals surface area contributed by atoms with E-state index in [4.69, 9.17) is 0 Å². The zero-order chi connectivity index (χ0) is 19.9. The maximum absolute atomic E-state index is 14.2. The molecule has 0 radical (unpaired) electrons. The fourth-order valence-electron chi connectivity index (χ4n) is 3.16. The smallest absolute Gasteiger partial charge is 0.319 e. The topological polar surface area (TPSA) is 62.3 Å². The minimum absolute atomic E-state index is 0.0353. The lowest BCUT2D eigenvalue weighted by Gasteiger charge is -2.22. The highest BCUT2D eigenvalue weighted by Crippen LogP contribution is 2.32. The monoisotopic (exact) mass is 399 g/mol. The molecule has 1 saturated heterocycles. The molecule has 4 rings (SSSR count). The molecule has 2 heterocycles. The molecule has 1 N–H and O–H groups in total. The zero-order valence-corrected chi connectivity index (χ0v) is 15.6. The number of carbonyl (C=O) groups excluding carboxylic acids is 2. The summed E-state index contributed by atoms with van der Waals surface area (Å²) in [6, 6.07) is 11.2. The van der Waals surface area contributed by atoms with E-state index in [1.165, 1.54) is 48.6 Å². The lowest BCUT2D eigenvalue weighted by Crippen LogP contribution is -2.41. The Morgan fingerprint density at radius 3 is 2.54 bits per heavy atom. The van der Waals surface area contributed by atoms with Crippen molar-refractivity contribution in [3.63, 3.8) is 0 Å². The second kappa shape index (κ2) is 6.79. The van der Waals surface area contributed by atoms with Gasteiger partial charge in [-0.25, -0.2) is 18.6 Å². The third kappa shape index (κ3) is 3.05. The van der Waals surface area contributed by atoms with Crippen LogP contribution in [0, 0.1) is 11.6 Å². The molecular weight excluding hydrogens is 384 g/mol. The van der Waals surface area contributed by atoms with Crippen molar-refractivity contribution in [2.24, 2.45) is 0 Å². The van der Waals surface area contributed by atoms with Crippen molar-refractivity contribution in [1.29, 1.82) is 0 Å². The Kier molecular flexibility index (Phi) is 4.43. The van der Waals surface area contributed by atoms with Crippen LogP contribution in [0.15, 0.2) is 53.9 Å². The van der Waals surface area contributed by atoms with Gasteiger partial charge in [0.05, 0.1) is 12.2 Å². The first kappa shape index (κ1) is 18.2. The summed E-state index contributed by atoms with van der Waals surface area (Å²) in [5.74, 6) is -1.45. The van der Waals surface area contributed by atoms with Gasteiger partial charge in [-0.1, -0.05) is 18.2 Å². The molecule has 8 heteroatoms. The first-order valence-corrected chi connectivity index (χ1v) is 9.36. The average molecular weight is 399 g/mol. The zero-order valence-electron chi connectivity index (χ0n) is 14.8. The summed E-state index contributed by atoms with van der Waals surface area (Å²) in [6.07, 6.45) is 0. The number of rotatable bonds is 4. The molecule has 0 saturated carbocycles. The molecule has 28 heavy (non-hydrogen) atoms. The van der Waals surface area contributed by atoms with Crippen LogP contribution in [0.3, 0.4) is 0 Å². The Bertz CT molecular complexity index is 1070. The van der Waals surface area contributed by atoms with Gasteiger partial charge in [0.2, 0.25) is 0 Å². The summed E-state index contributed by atoms with van der Waals surface area (Å²) in [6.45, 7) is 1.45. The van der Waals surface area contributed by atoms with Crippen LogP contribution < -0.4 is 5.32 Å². The van der Waals surface area contributed by atoms with E-state index in [1.807, 2.05) is 0 Å². The number of hydrogen-bond acceptors (Lipinski definition) is 4. The molecule has 3 aromatic rings. The molecule has 142 valence electrons. The van der Waals surface area contributed by atoms with E-state index in [0.29, 0.717) is 10.7 Å². The first-order valence-electron chi connectivity index (χ1n) is 8.48. The summed E-state index contributed by atoms with van der Waals surface area (Å²) in [4.78, 5) is 30.8. The highest BCUT2D eigenvalue weighted by atomic mass is 32.1. The maximum Gasteiger partial charge on any atom is 0.325 e. The van der Waals surface area contributed by atoms with E-state index in [2.05, 4.69) is 10.3 Å². The van der Waals surface area contributed by atoms with Crippen molar-refractivity contribution in [2.45, 2.75) is 19.0 Å². The Morgan fingerprint density at radius 1 is 1.11 bits per heavy atom. The molecule has 1 aromatic heterocycles. The number of nitrogens with zero attached hydrogens (tertiary/aromatic N) is 2. The van der Waals surface area contributed by atoms with Gasteiger partial charge in [-0.15, -0.1) is 11.3 Å². The second-order valence-electron chi connectivity index (χ2n) is 6.58. The van der Waals surface area contributed by atoms with Gasteiger partial charge in [0.25, 0.3) is 5.91 Å². The van der Waals surface area contributed by atoms with E-state index < -0.39 is 23.3 Å². The van der Waals surface area contributed by atoms with Gasteiger partial charge < -0.3 is 5.32 Å². The molecule has 0 aliphatic carbocycles. The lowest BCUT2D eigenvalue weighted by atomic mass is 9.91. The minimum Gasteiger partial charge on any atom is -0.319 e. The van der Waals surface area contributed by atoms with Crippen LogP contribution in [0.1, 0.15) is 18.2 Å². The van der Waals surface area contributed by atoms with Gasteiger partial charge in [-0.3, -0.25) is 9.69 Å². The van der Waals surface area contributed by atoms with Crippen LogP contribution in [0.2, 0.25) is 0 Å². The van der Waals surface area contributed by atoms with E-state index in [1.54, 1.807) is 23.6 Å². The van der Waals surface area contributed by atoms with Gasteiger partial charge >= 0.3 is 6.03 Å². The normalized spacial score (nSPS) is 19.2. The molecule has 0 bridgehead atoms. The predicted octanol–water partition coefficient (Wildman–Crippen LogP) is 4.06. The van der Waals surface area contributed by atoms with Crippen molar-refractivity contribution in [2.75, 3.05) is 0 Å². The third-order valence-electron chi connectivity index (χ3n) is 4.65. The number of carbonyl (C=O) groups is 2. The Morgan fingerprint density at radius 2 is 1.82 bits per heavy atom. The fraction of sp³-hybridized carbons (Fsp3) is 0.150. The van der Waals surface area contributed by atoms with E-state index in [0.717, 1.165) is 10.5 Å². The van der Waals surface area contributed by atoms with E-state index >= 15 is 0 Å². The van der Waals surface area contributed by atoms with Crippen LogP contribution in [-0.4, -0.2) is 21.8 Å². The molecule has 1 aliphatic rings. The van der Waals surface area contributed by atoms with Gasteiger partial charge in [-0.2, -0.15) is 0 Å². The summed E-state index contributed by atoms with van der Waals surface area (Å²) in [5.41, 5.74) is -0.101. The highest BCUT2D eigenvalue weighted by Gasteiger charge is 2.50. The Hall–Kier alpha value is -3.13. The number of amides is 3.